The fourth-order valence-electron chi connectivity index (χ4n) is 2.69. The van der Waals surface area contributed by atoms with Gasteiger partial charge in [-0.2, -0.15) is 11.8 Å². The highest BCUT2D eigenvalue weighted by Crippen LogP contribution is 2.15. The topological polar surface area (TPSA) is 148 Å². The van der Waals surface area contributed by atoms with Crippen LogP contribution in [0.25, 0.3) is 0 Å². The number of carboxylic acids is 1. The number of amides is 2. The highest BCUT2D eigenvalue weighted by atomic mass is 32.2. The Morgan fingerprint density at radius 1 is 1.09 bits per heavy atom. The quantitative estimate of drug-likeness (QED) is 0.302. The van der Waals surface area contributed by atoms with Crippen molar-refractivity contribution in [1.29, 1.82) is 0 Å². The number of alkyl carbamates (subject to hydrolysis) is 1. The molecular weight excluding hydrogens is 466 g/mol. The van der Waals surface area contributed by atoms with Gasteiger partial charge in [-0.15, -0.1) is 0 Å². The van der Waals surface area contributed by atoms with Gasteiger partial charge in [0.1, 0.15) is 18.7 Å². The minimum atomic E-state index is -1.28. The van der Waals surface area contributed by atoms with Crippen LogP contribution in [0.4, 0.5) is 4.79 Å². The molecule has 33 heavy (non-hydrogen) atoms. The van der Waals surface area contributed by atoms with Crippen LogP contribution < -0.4 is 16.4 Å². The van der Waals surface area contributed by atoms with Crippen molar-refractivity contribution in [3.63, 3.8) is 0 Å². The first-order chi connectivity index (χ1) is 15.6. The summed E-state index contributed by atoms with van der Waals surface area (Å²) in [7, 11) is 0. The van der Waals surface area contributed by atoms with Gasteiger partial charge >= 0.3 is 12.1 Å². The summed E-state index contributed by atoms with van der Waals surface area (Å²) in [5.41, 5.74) is 6.59. The van der Waals surface area contributed by atoms with E-state index in [0.29, 0.717) is 18.6 Å². The minimum absolute atomic E-state index is 0.0618. The van der Waals surface area contributed by atoms with Gasteiger partial charge in [-0.05, 0) is 36.3 Å². The van der Waals surface area contributed by atoms with E-state index in [0.717, 1.165) is 17.3 Å². The summed E-state index contributed by atoms with van der Waals surface area (Å²) < 4.78 is 5.19. The molecule has 0 aliphatic rings. The predicted molar refractivity (Wildman–Crippen MR) is 131 cm³/mol. The molecule has 9 nitrogen and oxygen atoms in total. The average Bonchev–Trinajstić information content (AvgIpc) is 2.78. The number of carbonyl (C=O) groups excluding carboxylic acids is 3. The van der Waals surface area contributed by atoms with Crippen molar-refractivity contribution in [3.05, 3.63) is 35.9 Å². The molecular formula is C22H33N3O6S2. The Balaban J connectivity index is 2.64. The number of hydrogen-bond donors (Lipinski definition) is 4. The summed E-state index contributed by atoms with van der Waals surface area (Å²) in [5.74, 6) is -1.27. The Labute approximate surface area is 203 Å². The molecule has 3 atom stereocenters. The molecule has 0 saturated carbocycles. The van der Waals surface area contributed by atoms with Crippen molar-refractivity contribution in [2.45, 2.75) is 51.4 Å². The number of carbonyl (C=O) groups is 4. The van der Waals surface area contributed by atoms with E-state index < -0.39 is 41.2 Å². The minimum Gasteiger partial charge on any atom is -0.480 e. The largest absolute Gasteiger partial charge is 0.480 e. The van der Waals surface area contributed by atoms with Crippen molar-refractivity contribution in [3.8, 4) is 0 Å². The lowest BCUT2D eigenvalue weighted by molar-refractivity contribution is -0.141. The van der Waals surface area contributed by atoms with Crippen LogP contribution >= 0.6 is 23.5 Å². The third kappa shape index (κ3) is 12.0. The molecule has 0 aromatic heterocycles. The Morgan fingerprint density at radius 3 is 2.33 bits per heavy atom. The van der Waals surface area contributed by atoms with Crippen LogP contribution in [0.5, 0.6) is 0 Å². The third-order valence-electron chi connectivity index (χ3n) is 4.47. The Kier molecular flexibility index (Phi) is 13.6. The van der Waals surface area contributed by atoms with E-state index in [1.807, 2.05) is 50.4 Å². The number of carboxylic acid groups (broad SMARTS) is 1. The molecule has 0 saturated heterocycles. The summed E-state index contributed by atoms with van der Waals surface area (Å²) in [6, 6.07) is 6.17. The van der Waals surface area contributed by atoms with Gasteiger partial charge in [0.2, 0.25) is 11.0 Å². The molecule has 5 N–H and O–H groups in total. The van der Waals surface area contributed by atoms with Gasteiger partial charge in [-0.3, -0.25) is 9.59 Å². The maximum atomic E-state index is 12.7. The van der Waals surface area contributed by atoms with Crippen molar-refractivity contribution in [1.82, 2.24) is 10.6 Å². The molecule has 0 bridgehead atoms. The second-order valence-electron chi connectivity index (χ2n) is 7.81. The van der Waals surface area contributed by atoms with E-state index in [2.05, 4.69) is 10.6 Å². The Bertz CT molecular complexity index is 779. The zero-order chi connectivity index (χ0) is 24.8. The van der Waals surface area contributed by atoms with Gasteiger partial charge < -0.3 is 26.2 Å². The van der Waals surface area contributed by atoms with Crippen LogP contribution in [0, 0.1) is 5.92 Å². The second kappa shape index (κ2) is 15.6. The van der Waals surface area contributed by atoms with Crippen LogP contribution in [0.15, 0.2) is 30.3 Å². The summed E-state index contributed by atoms with van der Waals surface area (Å²) in [4.78, 5) is 48.6. The molecule has 0 heterocycles. The van der Waals surface area contributed by atoms with Crippen LogP contribution in [0.2, 0.25) is 0 Å². The van der Waals surface area contributed by atoms with Gasteiger partial charge in [-0.1, -0.05) is 55.9 Å². The van der Waals surface area contributed by atoms with E-state index in [1.54, 1.807) is 0 Å². The van der Waals surface area contributed by atoms with Crippen LogP contribution in [0.3, 0.4) is 0 Å². The normalized spacial score (nSPS) is 13.6. The van der Waals surface area contributed by atoms with Gasteiger partial charge in [0.05, 0.1) is 6.04 Å². The van der Waals surface area contributed by atoms with Crippen LogP contribution in [0.1, 0.15) is 32.3 Å². The second-order valence-corrected chi connectivity index (χ2v) is 9.82. The SMILES string of the molecule is CSCC[C@H](N)C(=O)N[C@H](CSC(=O)[C@@H](CC(C)C)NC(=O)OCc1ccccc1)C(=O)O. The molecule has 2 amide bonds. The maximum absolute atomic E-state index is 12.7. The van der Waals surface area contributed by atoms with E-state index >= 15 is 0 Å². The lowest BCUT2D eigenvalue weighted by Gasteiger charge is -2.21. The predicted octanol–water partition coefficient (Wildman–Crippen LogP) is 2.24. The van der Waals surface area contributed by atoms with E-state index in [1.165, 1.54) is 11.8 Å². The van der Waals surface area contributed by atoms with Gasteiger partial charge in [-0.25, -0.2) is 9.59 Å². The standard InChI is InChI=1S/C22H33N3O6S2/c1-14(2)11-17(25-22(30)31-12-15-7-5-4-6-8-15)21(29)33-13-18(20(27)28)24-19(26)16(23)9-10-32-3/h4-8,14,16-18H,9-13,23H2,1-3H3,(H,24,26)(H,25,30)(H,27,28)/t16-,17+,18+/m0/s1. The van der Waals surface area contributed by atoms with Crippen molar-refractivity contribution in [2.75, 3.05) is 17.8 Å². The Morgan fingerprint density at radius 2 is 1.76 bits per heavy atom. The first-order valence-corrected chi connectivity index (χ1v) is 12.9. The number of thioether (sulfide) groups is 2. The van der Waals surface area contributed by atoms with Gasteiger partial charge in [0.15, 0.2) is 0 Å². The number of benzene rings is 1. The number of rotatable bonds is 14. The summed E-state index contributed by atoms with van der Waals surface area (Å²) in [5, 5.41) is 14.0. The fraction of sp³-hybridized carbons (Fsp3) is 0.545. The highest BCUT2D eigenvalue weighted by molar-refractivity contribution is 8.13. The lowest BCUT2D eigenvalue weighted by Crippen LogP contribution is -2.50. The number of hydrogen-bond acceptors (Lipinski definition) is 8. The molecule has 0 aliphatic carbocycles. The monoisotopic (exact) mass is 499 g/mol. The molecule has 0 spiro atoms. The first kappa shape index (κ1) is 28.8. The van der Waals surface area contributed by atoms with Crippen LogP contribution in [-0.2, 0) is 25.7 Å². The average molecular weight is 500 g/mol. The molecule has 1 aromatic carbocycles. The molecule has 11 heteroatoms. The summed E-state index contributed by atoms with van der Waals surface area (Å²) >= 11 is 2.27. The fourth-order valence-corrected chi connectivity index (χ4v) is 4.09. The summed E-state index contributed by atoms with van der Waals surface area (Å²) in [6.45, 7) is 3.86. The van der Waals surface area contributed by atoms with E-state index in [9.17, 15) is 24.3 Å². The molecule has 1 rings (SSSR count). The molecule has 0 unspecified atom stereocenters. The number of nitrogens with two attached hydrogens (primary N) is 1. The van der Waals surface area contributed by atoms with E-state index in [4.69, 9.17) is 10.5 Å². The zero-order valence-corrected chi connectivity index (χ0v) is 20.7. The number of ether oxygens (including phenoxy) is 1. The summed E-state index contributed by atoms with van der Waals surface area (Å²) in [6.07, 6.45) is 1.92. The maximum Gasteiger partial charge on any atom is 0.408 e. The third-order valence-corrected chi connectivity index (χ3v) is 6.19. The lowest BCUT2D eigenvalue weighted by atomic mass is 10.1. The zero-order valence-electron chi connectivity index (χ0n) is 19.1. The van der Waals surface area contributed by atoms with Crippen molar-refractivity contribution in [2.24, 2.45) is 11.7 Å². The Hall–Kier alpha value is -2.24. The van der Waals surface area contributed by atoms with Crippen LogP contribution in [-0.4, -0.2) is 64.1 Å². The molecule has 0 aliphatic heterocycles. The molecule has 184 valence electrons. The highest BCUT2D eigenvalue weighted by Gasteiger charge is 2.28. The number of nitrogens with one attached hydrogen (secondary N) is 2. The van der Waals surface area contributed by atoms with Gasteiger partial charge in [0.25, 0.3) is 0 Å². The van der Waals surface area contributed by atoms with Crippen molar-refractivity contribution < 1.29 is 29.0 Å². The molecule has 0 radical (unpaired) electrons. The molecule has 0 fully saturated rings. The van der Waals surface area contributed by atoms with Crippen molar-refractivity contribution >= 4 is 46.6 Å². The van der Waals surface area contributed by atoms with Gasteiger partial charge in [0, 0.05) is 5.75 Å². The smallest absolute Gasteiger partial charge is 0.408 e. The molecule has 1 aromatic rings. The number of aliphatic carboxylic acids is 1. The van der Waals surface area contributed by atoms with E-state index in [-0.39, 0.29) is 18.3 Å². The first-order valence-electron chi connectivity index (χ1n) is 10.6.